The van der Waals surface area contributed by atoms with E-state index < -0.39 is 9.84 Å². The average molecular weight is 499 g/mol. The zero-order chi connectivity index (χ0) is 25.1. The van der Waals surface area contributed by atoms with Gasteiger partial charge in [0.05, 0.1) is 23.3 Å². The molecule has 0 unspecified atom stereocenters. The lowest BCUT2D eigenvalue weighted by atomic mass is 10.2. The maximum atomic E-state index is 12.1. The molecule has 0 amide bonds. The van der Waals surface area contributed by atoms with Crippen LogP contribution in [-0.4, -0.2) is 39.1 Å². The quantitative estimate of drug-likeness (QED) is 0.338. The molecule has 5 rings (SSSR count). The number of nitrogens with zero attached hydrogens (tertiary/aromatic N) is 5. The SMILES string of the molecule is CCS(=O)(=O)c1ccc(Oc2cc3cc(-c4ccccn4)[nH]c3nc2Oc2cccnc2C#N)cn1. The highest BCUT2D eigenvalue weighted by Gasteiger charge is 2.18. The van der Waals surface area contributed by atoms with Gasteiger partial charge in [0.1, 0.15) is 17.5 Å². The average Bonchev–Trinajstić information content (AvgIpc) is 3.33. The van der Waals surface area contributed by atoms with Crippen molar-refractivity contribution in [2.45, 2.75) is 11.9 Å². The van der Waals surface area contributed by atoms with E-state index >= 15 is 0 Å². The maximum absolute atomic E-state index is 12.1. The van der Waals surface area contributed by atoms with Gasteiger partial charge in [0.25, 0.3) is 5.88 Å². The molecule has 0 aliphatic rings. The second-order valence-electron chi connectivity index (χ2n) is 7.53. The highest BCUT2D eigenvalue weighted by molar-refractivity contribution is 7.91. The number of ether oxygens (including phenoxy) is 2. The minimum atomic E-state index is -3.45. The molecule has 5 aromatic rings. The normalized spacial score (nSPS) is 11.2. The highest BCUT2D eigenvalue weighted by Crippen LogP contribution is 2.37. The third kappa shape index (κ3) is 4.57. The number of aromatic nitrogens is 5. The number of hydrogen-bond acceptors (Lipinski definition) is 9. The number of aromatic amines is 1. The molecule has 0 fully saturated rings. The van der Waals surface area contributed by atoms with Gasteiger partial charge in [-0.25, -0.2) is 18.4 Å². The number of hydrogen-bond donors (Lipinski definition) is 1. The highest BCUT2D eigenvalue weighted by atomic mass is 32.2. The predicted molar refractivity (Wildman–Crippen MR) is 130 cm³/mol. The summed E-state index contributed by atoms with van der Waals surface area (Å²) in [6.07, 6.45) is 4.50. The monoisotopic (exact) mass is 498 g/mol. The zero-order valence-electron chi connectivity index (χ0n) is 18.9. The van der Waals surface area contributed by atoms with Crippen LogP contribution in [-0.2, 0) is 9.84 Å². The van der Waals surface area contributed by atoms with Crippen LogP contribution in [0, 0.1) is 11.3 Å². The van der Waals surface area contributed by atoms with Crippen molar-refractivity contribution in [3.05, 3.63) is 78.9 Å². The molecule has 1 N–H and O–H groups in total. The summed E-state index contributed by atoms with van der Waals surface area (Å²) in [6, 6.07) is 17.3. The first-order chi connectivity index (χ1) is 17.5. The Bertz CT molecular complexity index is 1690. The Hall–Kier alpha value is -4.82. The second-order valence-corrected chi connectivity index (χ2v) is 9.75. The van der Waals surface area contributed by atoms with E-state index in [1.165, 1.54) is 24.5 Å². The van der Waals surface area contributed by atoms with Gasteiger partial charge in [0, 0.05) is 17.8 Å². The molecule has 11 heteroatoms. The molecule has 0 aliphatic carbocycles. The van der Waals surface area contributed by atoms with Crippen molar-refractivity contribution in [1.82, 2.24) is 24.9 Å². The van der Waals surface area contributed by atoms with E-state index in [2.05, 4.69) is 24.9 Å². The molecule has 0 saturated heterocycles. The first-order valence-corrected chi connectivity index (χ1v) is 12.5. The van der Waals surface area contributed by atoms with Gasteiger partial charge in [-0.05, 0) is 48.5 Å². The molecule has 0 bridgehead atoms. The first kappa shape index (κ1) is 22.9. The molecule has 5 aromatic heterocycles. The lowest BCUT2D eigenvalue weighted by Crippen LogP contribution is -2.05. The zero-order valence-corrected chi connectivity index (χ0v) is 19.7. The van der Waals surface area contributed by atoms with Crippen LogP contribution in [0.4, 0.5) is 0 Å². The molecule has 178 valence electrons. The van der Waals surface area contributed by atoms with E-state index in [1.54, 1.807) is 31.3 Å². The lowest BCUT2D eigenvalue weighted by Gasteiger charge is -2.12. The van der Waals surface area contributed by atoms with Crippen LogP contribution in [0.25, 0.3) is 22.4 Å². The van der Waals surface area contributed by atoms with E-state index in [0.29, 0.717) is 5.65 Å². The summed E-state index contributed by atoms with van der Waals surface area (Å²) in [4.78, 5) is 20.2. The van der Waals surface area contributed by atoms with Crippen molar-refractivity contribution in [1.29, 1.82) is 5.26 Å². The van der Waals surface area contributed by atoms with Gasteiger partial charge in [0.2, 0.25) is 0 Å². The fourth-order valence-corrected chi connectivity index (χ4v) is 4.16. The molecule has 0 saturated carbocycles. The maximum Gasteiger partial charge on any atom is 0.265 e. The predicted octanol–water partition coefficient (Wildman–Crippen LogP) is 4.66. The van der Waals surface area contributed by atoms with Gasteiger partial charge in [-0.15, -0.1) is 0 Å². The van der Waals surface area contributed by atoms with Gasteiger partial charge < -0.3 is 14.5 Å². The molecule has 10 nitrogen and oxygen atoms in total. The van der Waals surface area contributed by atoms with E-state index in [0.717, 1.165) is 16.8 Å². The number of nitriles is 1. The summed E-state index contributed by atoms with van der Waals surface area (Å²) < 4.78 is 36.1. The van der Waals surface area contributed by atoms with Gasteiger partial charge in [0.15, 0.2) is 32.1 Å². The van der Waals surface area contributed by atoms with Gasteiger partial charge >= 0.3 is 0 Å². The number of nitrogens with one attached hydrogen (secondary N) is 1. The van der Waals surface area contributed by atoms with Crippen molar-refractivity contribution in [2.75, 3.05) is 5.75 Å². The van der Waals surface area contributed by atoms with E-state index in [9.17, 15) is 13.7 Å². The van der Waals surface area contributed by atoms with Crippen LogP contribution >= 0.6 is 0 Å². The van der Waals surface area contributed by atoms with Gasteiger partial charge in [-0.2, -0.15) is 10.2 Å². The number of sulfone groups is 1. The van der Waals surface area contributed by atoms with Crippen molar-refractivity contribution in [3.8, 4) is 40.6 Å². The molecule has 0 spiro atoms. The molecule has 0 atom stereocenters. The Labute approximate surface area is 206 Å². The minimum absolute atomic E-state index is 0.0398. The second kappa shape index (κ2) is 9.44. The van der Waals surface area contributed by atoms with Gasteiger partial charge in [-0.1, -0.05) is 13.0 Å². The standard InChI is InChI=1S/C25H18N6O4S/c1-2-36(32,33)23-9-8-17(15-29-23)34-22-13-16-12-19(18-6-3-4-10-27-18)30-24(16)31-25(22)35-21-7-5-11-28-20(21)14-26/h3-13,15H,2H2,1H3,(H,30,31). The number of pyridine rings is 4. The fraction of sp³-hybridized carbons (Fsp3) is 0.0800. The number of H-pyrrole nitrogens is 1. The van der Waals surface area contributed by atoms with Crippen molar-refractivity contribution >= 4 is 20.9 Å². The summed E-state index contributed by atoms with van der Waals surface area (Å²) in [5.41, 5.74) is 2.08. The van der Waals surface area contributed by atoms with Crippen LogP contribution in [0.5, 0.6) is 23.1 Å². The molecule has 5 heterocycles. The molecule has 0 radical (unpaired) electrons. The molecular weight excluding hydrogens is 480 g/mol. The number of fused-ring (bicyclic) bond motifs is 1. The molecule has 36 heavy (non-hydrogen) atoms. The first-order valence-electron chi connectivity index (χ1n) is 10.8. The van der Waals surface area contributed by atoms with Crippen LogP contribution in [0.1, 0.15) is 12.6 Å². The summed E-state index contributed by atoms with van der Waals surface area (Å²) in [5, 5.41) is 10.1. The van der Waals surface area contributed by atoms with Crippen molar-refractivity contribution in [2.24, 2.45) is 0 Å². The van der Waals surface area contributed by atoms with Crippen molar-refractivity contribution in [3.63, 3.8) is 0 Å². The Morgan fingerprint density at radius 1 is 0.972 bits per heavy atom. The molecular formula is C25H18N6O4S. The van der Waals surface area contributed by atoms with E-state index in [-0.39, 0.29) is 39.6 Å². The fourth-order valence-electron chi connectivity index (χ4n) is 3.38. The Kier molecular flexibility index (Phi) is 6.02. The lowest BCUT2D eigenvalue weighted by molar-refractivity contribution is 0.404. The van der Waals surface area contributed by atoms with Crippen LogP contribution < -0.4 is 9.47 Å². The third-order valence-electron chi connectivity index (χ3n) is 5.20. The Balaban J connectivity index is 1.57. The van der Waals surface area contributed by atoms with Crippen molar-refractivity contribution < 1.29 is 17.9 Å². The summed E-state index contributed by atoms with van der Waals surface area (Å²) in [7, 11) is -3.45. The van der Waals surface area contributed by atoms with Gasteiger partial charge in [-0.3, -0.25) is 4.98 Å². The third-order valence-corrected chi connectivity index (χ3v) is 6.84. The Morgan fingerprint density at radius 2 is 1.83 bits per heavy atom. The smallest absolute Gasteiger partial charge is 0.265 e. The number of rotatable bonds is 7. The largest absolute Gasteiger partial charge is 0.450 e. The van der Waals surface area contributed by atoms with Crippen LogP contribution in [0.15, 0.2) is 78.2 Å². The molecule has 0 aromatic carbocycles. The van der Waals surface area contributed by atoms with E-state index in [4.69, 9.17) is 9.47 Å². The summed E-state index contributed by atoms with van der Waals surface area (Å²) in [6.45, 7) is 1.55. The Morgan fingerprint density at radius 3 is 2.56 bits per heavy atom. The van der Waals surface area contributed by atoms with Crippen LogP contribution in [0.2, 0.25) is 0 Å². The van der Waals surface area contributed by atoms with Crippen LogP contribution in [0.3, 0.4) is 0 Å². The summed E-state index contributed by atoms with van der Waals surface area (Å²) in [5.74, 6) is 0.734. The molecule has 0 aliphatic heterocycles. The minimum Gasteiger partial charge on any atom is -0.450 e. The van der Waals surface area contributed by atoms with E-state index in [1.807, 2.05) is 30.3 Å². The summed E-state index contributed by atoms with van der Waals surface area (Å²) >= 11 is 0. The topological polar surface area (TPSA) is 144 Å².